The van der Waals surface area contributed by atoms with E-state index in [4.69, 9.17) is 4.74 Å². The summed E-state index contributed by atoms with van der Waals surface area (Å²) in [5, 5.41) is 9.57. The van der Waals surface area contributed by atoms with Gasteiger partial charge in [-0.25, -0.2) is 14.6 Å². The maximum atomic E-state index is 12.8. The minimum absolute atomic E-state index is 0. The topological polar surface area (TPSA) is 95.5 Å². The smallest absolute Gasteiger partial charge is 0.410 e. The number of carboxylic acids is 1. The van der Waals surface area contributed by atoms with Crippen LogP contribution in [0.4, 0.5) is 4.79 Å². The summed E-state index contributed by atoms with van der Waals surface area (Å²) in [5.74, 6) is -1.13. The Kier molecular flexibility index (Phi) is 5.22. The van der Waals surface area contributed by atoms with Gasteiger partial charge in [-0.05, 0) is 22.3 Å². The van der Waals surface area contributed by atoms with Crippen molar-refractivity contribution in [3.05, 3.63) is 77.4 Å². The van der Waals surface area contributed by atoms with Gasteiger partial charge in [0.05, 0.1) is 24.3 Å². The number of nitrogens with one attached hydrogen (secondary N) is 1. The van der Waals surface area contributed by atoms with Gasteiger partial charge in [0, 0.05) is 12.3 Å². The lowest BCUT2D eigenvalue weighted by Crippen LogP contribution is -2.49. The zero-order valence-corrected chi connectivity index (χ0v) is 16.8. The fraction of sp³-hybridized carbons (Fsp3) is 0.227. The van der Waals surface area contributed by atoms with Crippen molar-refractivity contribution in [3.63, 3.8) is 0 Å². The van der Waals surface area contributed by atoms with E-state index in [-0.39, 0.29) is 37.9 Å². The third kappa shape index (κ3) is 3.21. The number of aliphatic carboxylic acids is 1. The number of amides is 1. The number of hydrogen-bond donors (Lipinski definition) is 2. The quantitative estimate of drug-likeness (QED) is 0.668. The number of imidazole rings is 1. The average Bonchev–Trinajstić information content (AvgIpc) is 3.33. The molecule has 1 aliphatic heterocycles. The molecule has 0 fully saturated rings. The van der Waals surface area contributed by atoms with E-state index in [0.717, 1.165) is 27.9 Å². The van der Waals surface area contributed by atoms with Crippen molar-refractivity contribution in [3.8, 4) is 11.1 Å². The van der Waals surface area contributed by atoms with Gasteiger partial charge in [0.25, 0.3) is 0 Å². The molecule has 8 heteroatoms. The van der Waals surface area contributed by atoms with Gasteiger partial charge in [0.15, 0.2) is 0 Å². The van der Waals surface area contributed by atoms with E-state index in [1.54, 1.807) is 0 Å². The largest absolute Gasteiger partial charge is 0.480 e. The number of carbonyl (C=O) groups excluding carboxylic acids is 1. The minimum Gasteiger partial charge on any atom is -0.480 e. The number of halogens is 1. The second-order valence-corrected chi connectivity index (χ2v) is 7.32. The molecule has 0 saturated carbocycles. The molecule has 1 unspecified atom stereocenters. The van der Waals surface area contributed by atoms with Crippen molar-refractivity contribution in [2.45, 2.75) is 24.9 Å². The Balaban J connectivity index is 0.00000218. The maximum absolute atomic E-state index is 12.8. The highest BCUT2D eigenvalue weighted by molar-refractivity contribution is 5.85. The number of aromatic amines is 1. The fourth-order valence-corrected chi connectivity index (χ4v) is 4.33. The number of nitrogens with zero attached hydrogens (tertiary/aromatic N) is 2. The normalized spacial score (nSPS) is 16.8. The molecule has 1 amide bonds. The molecular formula is C22H20ClN3O4. The Labute approximate surface area is 179 Å². The first kappa shape index (κ1) is 20.0. The SMILES string of the molecule is Cl.O=C(O)C1Cc2nc[nH]c2CN1C(=O)OCC1c2ccccc2-c2ccccc21. The van der Waals surface area contributed by atoms with Gasteiger partial charge >= 0.3 is 12.1 Å². The third-order valence-electron chi connectivity index (χ3n) is 5.75. The lowest BCUT2D eigenvalue weighted by atomic mass is 9.98. The number of benzene rings is 2. The van der Waals surface area contributed by atoms with Crippen molar-refractivity contribution in [1.82, 2.24) is 14.9 Å². The fourth-order valence-electron chi connectivity index (χ4n) is 4.33. The summed E-state index contributed by atoms with van der Waals surface area (Å²) in [5.41, 5.74) is 5.95. The van der Waals surface area contributed by atoms with Crippen LogP contribution in [0.3, 0.4) is 0 Å². The molecule has 5 rings (SSSR count). The Morgan fingerprint density at radius 2 is 1.73 bits per heavy atom. The third-order valence-corrected chi connectivity index (χ3v) is 5.75. The van der Waals surface area contributed by atoms with Crippen molar-refractivity contribution in [1.29, 1.82) is 0 Å². The van der Waals surface area contributed by atoms with Crippen LogP contribution in [-0.2, 0) is 22.5 Å². The van der Waals surface area contributed by atoms with Crippen LogP contribution in [0.15, 0.2) is 54.9 Å². The van der Waals surface area contributed by atoms with Crippen LogP contribution in [0, 0.1) is 0 Å². The summed E-state index contributed by atoms with van der Waals surface area (Å²) in [4.78, 5) is 32.9. The summed E-state index contributed by atoms with van der Waals surface area (Å²) < 4.78 is 5.64. The number of H-pyrrole nitrogens is 1. The highest BCUT2D eigenvalue weighted by Gasteiger charge is 2.38. The number of fused-ring (bicyclic) bond motifs is 4. The number of carboxylic acid groups (broad SMARTS) is 1. The lowest BCUT2D eigenvalue weighted by molar-refractivity contribution is -0.143. The number of rotatable bonds is 3. The molecule has 0 spiro atoms. The first-order valence-corrected chi connectivity index (χ1v) is 9.49. The van der Waals surface area contributed by atoms with Gasteiger partial charge < -0.3 is 14.8 Å². The minimum atomic E-state index is -1.06. The first-order valence-electron chi connectivity index (χ1n) is 9.49. The van der Waals surface area contributed by atoms with Crippen LogP contribution in [-0.4, -0.2) is 44.7 Å². The van der Waals surface area contributed by atoms with Crippen LogP contribution in [0.2, 0.25) is 0 Å². The Bertz CT molecular complexity index is 1070. The van der Waals surface area contributed by atoms with E-state index in [9.17, 15) is 14.7 Å². The summed E-state index contributed by atoms with van der Waals surface area (Å²) >= 11 is 0. The monoisotopic (exact) mass is 425 g/mol. The molecule has 0 bridgehead atoms. The van der Waals surface area contributed by atoms with Gasteiger partial charge in [0.1, 0.15) is 12.6 Å². The number of ether oxygens (including phenoxy) is 1. The summed E-state index contributed by atoms with van der Waals surface area (Å²) in [6.07, 6.45) is 1.06. The molecule has 2 aromatic carbocycles. The second-order valence-electron chi connectivity index (χ2n) is 7.32. The first-order chi connectivity index (χ1) is 14.1. The van der Waals surface area contributed by atoms with Crippen LogP contribution in [0.25, 0.3) is 11.1 Å². The molecule has 7 nitrogen and oxygen atoms in total. The van der Waals surface area contributed by atoms with E-state index in [1.807, 2.05) is 36.4 Å². The molecule has 2 N–H and O–H groups in total. The van der Waals surface area contributed by atoms with Crippen molar-refractivity contribution in [2.75, 3.05) is 6.61 Å². The van der Waals surface area contributed by atoms with E-state index >= 15 is 0 Å². The van der Waals surface area contributed by atoms with Gasteiger partial charge in [-0.15, -0.1) is 12.4 Å². The molecule has 0 radical (unpaired) electrons. The number of aromatic nitrogens is 2. The molecule has 3 aromatic rings. The van der Waals surface area contributed by atoms with Crippen LogP contribution >= 0.6 is 12.4 Å². The van der Waals surface area contributed by atoms with Crippen molar-refractivity contribution < 1.29 is 19.4 Å². The van der Waals surface area contributed by atoms with E-state index < -0.39 is 18.1 Å². The summed E-state index contributed by atoms with van der Waals surface area (Å²) in [7, 11) is 0. The van der Waals surface area contributed by atoms with Gasteiger partial charge in [-0.2, -0.15) is 0 Å². The van der Waals surface area contributed by atoms with Crippen LogP contribution in [0.1, 0.15) is 28.4 Å². The van der Waals surface area contributed by atoms with Crippen molar-refractivity contribution >= 4 is 24.5 Å². The summed E-state index contributed by atoms with van der Waals surface area (Å²) in [6.45, 7) is 0.300. The Morgan fingerprint density at radius 3 is 2.37 bits per heavy atom. The van der Waals surface area contributed by atoms with Gasteiger partial charge in [-0.3, -0.25) is 4.90 Å². The Hall–Kier alpha value is -3.32. The number of carbonyl (C=O) groups is 2. The molecule has 1 aromatic heterocycles. The molecule has 1 atom stereocenters. The second kappa shape index (κ2) is 7.84. The summed E-state index contributed by atoms with van der Waals surface area (Å²) in [6, 6.07) is 15.2. The molecule has 2 aliphatic rings. The van der Waals surface area contributed by atoms with E-state index in [1.165, 1.54) is 11.2 Å². The zero-order chi connectivity index (χ0) is 20.0. The van der Waals surface area contributed by atoms with E-state index in [2.05, 4.69) is 22.1 Å². The highest BCUT2D eigenvalue weighted by atomic mass is 35.5. The predicted molar refractivity (Wildman–Crippen MR) is 112 cm³/mol. The Morgan fingerprint density at radius 1 is 1.10 bits per heavy atom. The maximum Gasteiger partial charge on any atom is 0.410 e. The standard InChI is InChI=1S/C22H19N3O4.ClH/c26-21(27)20-9-18-19(24-12-23-18)10-25(20)22(28)29-11-17-15-7-3-1-5-13(15)14-6-2-4-8-16(14)17;/h1-8,12,17,20H,9-11H2,(H,23,24)(H,26,27);1H. The highest BCUT2D eigenvalue weighted by Crippen LogP contribution is 2.44. The molecule has 0 saturated heterocycles. The van der Waals surface area contributed by atoms with Crippen molar-refractivity contribution in [2.24, 2.45) is 0 Å². The van der Waals surface area contributed by atoms with Gasteiger partial charge in [-0.1, -0.05) is 48.5 Å². The van der Waals surface area contributed by atoms with E-state index in [0.29, 0.717) is 5.69 Å². The lowest BCUT2D eigenvalue weighted by Gasteiger charge is -2.31. The molecular weight excluding hydrogens is 406 g/mol. The zero-order valence-electron chi connectivity index (χ0n) is 15.9. The molecule has 2 heterocycles. The molecule has 154 valence electrons. The van der Waals surface area contributed by atoms with Crippen LogP contribution in [0.5, 0.6) is 0 Å². The molecule has 1 aliphatic carbocycles. The predicted octanol–water partition coefficient (Wildman–Crippen LogP) is 3.59. The molecule has 30 heavy (non-hydrogen) atoms. The van der Waals surface area contributed by atoms with Gasteiger partial charge in [0.2, 0.25) is 0 Å². The number of hydrogen-bond acceptors (Lipinski definition) is 4. The average molecular weight is 426 g/mol. The van der Waals surface area contributed by atoms with Crippen LogP contribution < -0.4 is 0 Å².